The van der Waals surface area contributed by atoms with E-state index < -0.39 is 0 Å². The zero-order valence-corrected chi connectivity index (χ0v) is 12.5. The number of hydrogen-bond donors (Lipinski definition) is 2. The molecule has 0 unspecified atom stereocenters. The van der Waals surface area contributed by atoms with Gasteiger partial charge >= 0.3 is 0 Å². The lowest BCUT2D eigenvalue weighted by Crippen LogP contribution is -2.33. The van der Waals surface area contributed by atoms with Gasteiger partial charge in [-0.15, -0.1) is 0 Å². The zero-order chi connectivity index (χ0) is 14.1. The number of nitrogens with one attached hydrogen (secondary N) is 2. The van der Waals surface area contributed by atoms with E-state index in [1.54, 1.807) is 0 Å². The van der Waals surface area contributed by atoms with E-state index in [0.29, 0.717) is 5.92 Å². The maximum atomic E-state index is 6.19. The topological polar surface area (TPSA) is 24.1 Å². The number of hydrogen-bond acceptors (Lipinski definition) is 2. The monoisotopic (exact) mass is 286 g/mol. The Labute approximate surface area is 125 Å². The van der Waals surface area contributed by atoms with Gasteiger partial charge in [0.2, 0.25) is 0 Å². The molecule has 1 aliphatic rings. The normalized spacial score (nSPS) is 21.4. The number of rotatable bonds is 2. The van der Waals surface area contributed by atoms with Crippen LogP contribution >= 0.6 is 11.6 Å². The summed E-state index contributed by atoms with van der Waals surface area (Å²) in [7, 11) is 1.95. The van der Waals surface area contributed by atoms with Crippen LogP contribution in [-0.4, -0.2) is 13.6 Å². The highest BCUT2D eigenvalue weighted by Crippen LogP contribution is 2.37. The van der Waals surface area contributed by atoms with E-state index in [9.17, 15) is 0 Å². The summed E-state index contributed by atoms with van der Waals surface area (Å²) in [6.07, 6.45) is 0. The molecule has 0 fully saturated rings. The van der Waals surface area contributed by atoms with Crippen LogP contribution < -0.4 is 10.6 Å². The minimum atomic E-state index is 0.198. The first-order valence-electron chi connectivity index (χ1n) is 7.00. The van der Waals surface area contributed by atoms with Crippen molar-refractivity contribution in [1.82, 2.24) is 5.32 Å². The van der Waals surface area contributed by atoms with Crippen molar-refractivity contribution in [2.45, 2.75) is 18.9 Å². The third-order valence-corrected chi connectivity index (χ3v) is 4.30. The quantitative estimate of drug-likeness (QED) is 0.865. The maximum Gasteiger partial charge on any atom is 0.0600 e. The fourth-order valence-corrected chi connectivity index (χ4v) is 3.20. The minimum absolute atomic E-state index is 0.198. The Hall–Kier alpha value is -1.51. The Morgan fingerprint density at radius 3 is 2.60 bits per heavy atom. The standard InChI is InChI=1S/C17H19ClN2/c1-11-10-20-17(14-6-4-3-5-13(11)14)15-9-12(18)7-8-16(15)19-2/h3-9,11,17,19-20H,10H2,1-2H3/t11-,17-/m1/s1. The lowest BCUT2D eigenvalue weighted by atomic mass is 9.84. The van der Waals surface area contributed by atoms with E-state index in [1.165, 1.54) is 16.7 Å². The molecule has 3 heteroatoms. The predicted octanol–water partition coefficient (Wildman–Crippen LogP) is 4.18. The van der Waals surface area contributed by atoms with Gasteiger partial charge in [-0.05, 0) is 40.8 Å². The van der Waals surface area contributed by atoms with Gasteiger partial charge in [-0.2, -0.15) is 0 Å². The molecule has 2 aromatic rings. The highest BCUT2D eigenvalue weighted by molar-refractivity contribution is 6.30. The van der Waals surface area contributed by atoms with Crippen LogP contribution in [-0.2, 0) is 0 Å². The van der Waals surface area contributed by atoms with Crippen molar-refractivity contribution in [2.24, 2.45) is 0 Å². The molecule has 2 nitrogen and oxygen atoms in total. The van der Waals surface area contributed by atoms with Gasteiger partial charge in [0.25, 0.3) is 0 Å². The second-order valence-electron chi connectivity index (χ2n) is 5.35. The molecule has 1 heterocycles. The first-order chi connectivity index (χ1) is 9.70. The molecule has 20 heavy (non-hydrogen) atoms. The largest absolute Gasteiger partial charge is 0.388 e. The Balaban J connectivity index is 2.12. The van der Waals surface area contributed by atoms with Crippen molar-refractivity contribution in [1.29, 1.82) is 0 Å². The van der Waals surface area contributed by atoms with Crippen LogP contribution in [0, 0.1) is 0 Å². The van der Waals surface area contributed by atoms with Gasteiger partial charge in [0.15, 0.2) is 0 Å². The molecule has 0 saturated carbocycles. The van der Waals surface area contributed by atoms with Gasteiger partial charge in [0.1, 0.15) is 0 Å². The number of benzene rings is 2. The fraction of sp³-hybridized carbons (Fsp3) is 0.294. The van der Waals surface area contributed by atoms with Crippen molar-refractivity contribution >= 4 is 17.3 Å². The lowest BCUT2D eigenvalue weighted by Gasteiger charge is -2.32. The molecule has 0 saturated heterocycles. The predicted molar refractivity (Wildman–Crippen MR) is 85.7 cm³/mol. The van der Waals surface area contributed by atoms with E-state index >= 15 is 0 Å². The maximum absolute atomic E-state index is 6.19. The summed E-state index contributed by atoms with van der Waals surface area (Å²) in [5.74, 6) is 0.541. The molecular formula is C17H19ClN2. The zero-order valence-electron chi connectivity index (χ0n) is 11.8. The Morgan fingerprint density at radius 1 is 1.10 bits per heavy atom. The second-order valence-corrected chi connectivity index (χ2v) is 5.79. The molecule has 3 rings (SSSR count). The molecule has 0 bridgehead atoms. The third kappa shape index (κ3) is 2.30. The summed E-state index contributed by atoms with van der Waals surface area (Å²) in [6.45, 7) is 3.25. The van der Waals surface area contributed by atoms with Gasteiger partial charge in [-0.1, -0.05) is 42.8 Å². The van der Waals surface area contributed by atoms with Crippen molar-refractivity contribution in [2.75, 3.05) is 18.9 Å². The SMILES string of the molecule is CNc1ccc(Cl)cc1[C@@H]1NC[C@@H](C)c2ccccc21. The van der Waals surface area contributed by atoms with Crippen LogP contribution in [0.3, 0.4) is 0 Å². The van der Waals surface area contributed by atoms with Gasteiger partial charge < -0.3 is 10.6 Å². The highest BCUT2D eigenvalue weighted by atomic mass is 35.5. The highest BCUT2D eigenvalue weighted by Gasteiger charge is 2.26. The minimum Gasteiger partial charge on any atom is -0.388 e. The molecule has 0 radical (unpaired) electrons. The molecule has 1 aliphatic heterocycles. The fourth-order valence-electron chi connectivity index (χ4n) is 3.01. The second kappa shape index (κ2) is 5.47. The first-order valence-corrected chi connectivity index (χ1v) is 7.38. The molecule has 2 aromatic carbocycles. The Kier molecular flexibility index (Phi) is 3.68. The van der Waals surface area contributed by atoms with Crippen LogP contribution in [0.15, 0.2) is 42.5 Å². The van der Waals surface area contributed by atoms with Gasteiger partial charge in [0, 0.05) is 24.3 Å². The summed E-state index contributed by atoms with van der Waals surface area (Å²) in [5.41, 5.74) is 5.11. The lowest BCUT2D eigenvalue weighted by molar-refractivity contribution is 0.517. The van der Waals surface area contributed by atoms with Gasteiger partial charge in [-0.25, -0.2) is 0 Å². The van der Waals surface area contributed by atoms with Crippen molar-refractivity contribution in [3.05, 3.63) is 64.2 Å². The summed E-state index contributed by atoms with van der Waals surface area (Å²) in [6, 6.07) is 14.9. The Bertz CT molecular complexity index is 624. The molecule has 104 valence electrons. The van der Waals surface area contributed by atoms with Crippen LogP contribution in [0.2, 0.25) is 5.02 Å². The average Bonchev–Trinajstić information content (AvgIpc) is 2.48. The molecule has 0 aliphatic carbocycles. The molecule has 0 spiro atoms. The molecule has 2 atom stereocenters. The van der Waals surface area contributed by atoms with Crippen LogP contribution in [0.1, 0.15) is 35.6 Å². The van der Waals surface area contributed by atoms with Crippen molar-refractivity contribution in [3.63, 3.8) is 0 Å². The van der Waals surface area contributed by atoms with E-state index in [1.807, 2.05) is 19.2 Å². The van der Waals surface area contributed by atoms with Crippen molar-refractivity contribution in [3.8, 4) is 0 Å². The van der Waals surface area contributed by atoms with Crippen LogP contribution in [0.4, 0.5) is 5.69 Å². The van der Waals surface area contributed by atoms with Crippen LogP contribution in [0.5, 0.6) is 0 Å². The number of halogens is 1. The summed E-state index contributed by atoms with van der Waals surface area (Å²) in [5, 5.41) is 7.68. The Morgan fingerprint density at radius 2 is 1.85 bits per heavy atom. The van der Waals surface area contributed by atoms with Gasteiger partial charge in [0.05, 0.1) is 6.04 Å². The molecule has 0 amide bonds. The van der Waals surface area contributed by atoms with E-state index in [2.05, 4.69) is 47.9 Å². The number of fused-ring (bicyclic) bond motifs is 1. The third-order valence-electron chi connectivity index (χ3n) is 4.06. The summed E-state index contributed by atoms with van der Waals surface area (Å²) in [4.78, 5) is 0. The molecule has 0 aromatic heterocycles. The molecule has 2 N–H and O–H groups in total. The first kappa shape index (κ1) is 13.5. The smallest absolute Gasteiger partial charge is 0.0600 e. The van der Waals surface area contributed by atoms with Crippen LogP contribution in [0.25, 0.3) is 0 Å². The summed E-state index contributed by atoms with van der Waals surface area (Å²) < 4.78 is 0. The average molecular weight is 287 g/mol. The van der Waals surface area contributed by atoms with Gasteiger partial charge in [-0.3, -0.25) is 0 Å². The van der Waals surface area contributed by atoms with E-state index in [0.717, 1.165) is 17.3 Å². The van der Waals surface area contributed by atoms with Crippen molar-refractivity contribution < 1.29 is 0 Å². The molecular weight excluding hydrogens is 268 g/mol. The van der Waals surface area contributed by atoms with E-state index in [4.69, 9.17) is 11.6 Å². The van der Waals surface area contributed by atoms with E-state index in [-0.39, 0.29) is 6.04 Å². The summed E-state index contributed by atoms with van der Waals surface area (Å²) >= 11 is 6.19. The number of anilines is 1.